The first-order valence-corrected chi connectivity index (χ1v) is 8.73. The molecule has 0 spiro atoms. The quantitative estimate of drug-likeness (QED) is 0.617. The second-order valence-corrected chi connectivity index (χ2v) is 7.14. The molecular formula is C19H13NOSe. The molecule has 0 fully saturated rings. The second kappa shape index (κ2) is 5.45. The van der Waals surface area contributed by atoms with Crippen molar-refractivity contribution in [1.82, 2.24) is 0 Å². The molecule has 3 aromatic carbocycles. The van der Waals surface area contributed by atoms with Gasteiger partial charge in [-0.05, 0) is 0 Å². The molecule has 0 aromatic heterocycles. The van der Waals surface area contributed by atoms with Crippen LogP contribution >= 0.6 is 0 Å². The van der Waals surface area contributed by atoms with Gasteiger partial charge in [0.2, 0.25) is 0 Å². The molecule has 1 amide bonds. The van der Waals surface area contributed by atoms with E-state index in [2.05, 4.69) is 12.1 Å². The zero-order valence-electron chi connectivity index (χ0n) is 11.8. The van der Waals surface area contributed by atoms with Crippen molar-refractivity contribution in [2.24, 2.45) is 0 Å². The van der Waals surface area contributed by atoms with Crippen LogP contribution in [-0.2, 0) is 0 Å². The van der Waals surface area contributed by atoms with Crippen LogP contribution in [0.4, 0.5) is 5.69 Å². The van der Waals surface area contributed by atoms with Crippen molar-refractivity contribution in [3.05, 3.63) is 84.4 Å². The third-order valence-electron chi connectivity index (χ3n) is 3.70. The summed E-state index contributed by atoms with van der Waals surface area (Å²) in [4.78, 5) is 13.0. The van der Waals surface area contributed by atoms with Crippen LogP contribution in [-0.4, -0.2) is 21.1 Å². The van der Waals surface area contributed by atoms with Gasteiger partial charge in [0.1, 0.15) is 0 Å². The molecule has 0 radical (unpaired) electrons. The zero-order valence-corrected chi connectivity index (χ0v) is 13.5. The van der Waals surface area contributed by atoms with Gasteiger partial charge in [-0.15, -0.1) is 0 Å². The summed E-state index contributed by atoms with van der Waals surface area (Å²) >= 11 is -0.0753. The molecule has 0 aliphatic carbocycles. The van der Waals surface area contributed by atoms with Crippen LogP contribution in [0.2, 0.25) is 0 Å². The van der Waals surface area contributed by atoms with Crippen LogP contribution < -0.4 is 8.38 Å². The summed E-state index contributed by atoms with van der Waals surface area (Å²) in [7, 11) is 0. The number of benzene rings is 3. The normalized spacial score (nSPS) is 13.3. The SMILES string of the molecule is O=C1c2ccccc2-c2ccccc2[Se]N1c1ccccc1. The molecular weight excluding hydrogens is 337 g/mol. The molecule has 3 aromatic rings. The third-order valence-corrected chi connectivity index (χ3v) is 6.03. The van der Waals surface area contributed by atoms with E-state index in [0.717, 1.165) is 16.8 Å². The molecule has 0 unspecified atom stereocenters. The van der Waals surface area contributed by atoms with Gasteiger partial charge < -0.3 is 0 Å². The summed E-state index contributed by atoms with van der Waals surface area (Å²) in [6.07, 6.45) is 0. The van der Waals surface area contributed by atoms with Crippen molar-refractivity contribution in [3.8, 4) is 11.1 Å². The summed E-state index contributed by atoms with van der Waals surface area (Å²) < 4.78 is 3.15. The molecule has 1 aliphatic heterocycles. The van der Waals surface area contributed by atoms with Crippen LogP contribution in [0.15, 0.2) is 78.9 Å². The Kier molecular flexibility index (Phi) is 3.30. The average molecular weight is 350 g/mol. The van der Waals surface area contributed by atoms with Crippen molar-refractivity contribution in [2.45, 2.75) is 0 Å². The Morgan fingerprint density at radius 3 is 2.00 bits per heavy atom. The van der Waals surface area contributed by atoms with Gasteiger partial charge in [0.25, 0.3) is 0 Å². The summed E-state index contributed by atoms with van der Waals surface area (Å²) in [5, 5.41) is 0. The van der Waals surface area contributed by atoms with Crippen LogP contribution in [0.1, 0.15) is 10.4 Å². The van der Waals surface area contributed by atoms with Gasteiger partial charge in [-0.1, -0.05) is 0 Å². The first kappa shape index (κ1) is 13.3. The number of rotatable bonds is 1. The molecule has 0 bridgehead atoms. The number of anilines is 1. The van der Waals surface area contributed by atoms with Crippen molar-refractivity contribution >= 4 is 31.2 Å². The number of fused-ring (bicyclic) bond motifs is 3. The van der Waals surface area contributed by atoms with Gasteiger partial charge in [0.15, 0.2) is 0 Å². The van der Waals surface area contributed by atoms with E-state index in [1.807, 2.05) is 70.6 Å². The average Bonchev–Trinajstić information content (AvgIpc) is 2.72. The van der Waals surface area contributed by atoms with Crippen molar-refractivity contribution < 1.29 is 4.79 Å². The van der Waals surface area contributed by atoms with Crippen molar-refractivity contribution in [3.63, 3.8) is 0 Å². The molecule has 0 N–H and O–H groups in total. The summed E-state index contributed by atoms with van der Waals surface area (Å²) in [5.74, 6) is 0.0815. The van der Waals surface area contributed by atoms with E-state index in [1.54, 1.807) is 0 Å². The summed E-state index contributed by atoms with van der Waals surface area (Å²) in [6, 6.07) is 26.1. The first-order valence-electron chi connectivity index (χ1n) is 7.10. The molecule has 2 nitrogen and oxygen atoms in total. The molecule has 0 saturated heterocycles. The van der Waals surface area contributed by atoms with E-state index in [0.29, 0.717) is 0 Å². The third kappa shape index (κ3) is 2.15. The zero-order chi connectivity index (χ0) is 14.9. The van der Waals surface area contributed by atoms with E-state index in [-0.39, 0.29) is 21.1 Å². The number of para-hydroxylation sites is 1. The molecule has 106 valence electrons. The van der Waals surface area contributed by atoms with E-state index < -0.39 is 0 Å². The predicted molar refractivity (Wildman–Crippen MR) is 90.5 cm³/mol. The fourth-order valence-corrected chi connectivity index (χ4v) is 4.80. The molecule has 1 heterocycles. The Bertz CT molecular complexity index is 845. The van der Waals surface area contributed by atoms with E-state index >= 15 is 0 Å². The van der Waals surface area contributed by atoms with E-state index in [1.165, 1.54) is 10.0 Å². The number of carbonyl (C=O) groups excluding carboxylic acids is 1. The monoisotopic (exact) mass is 351 g/mol. The maximum absolute atomic E-state index is 13.0. The van der Waals surface area contributed by atoms with Gasteiger partial charge in [-0.25, -0.2) is 0 Å². The van der Waals surface area contributed by atoms with Crippen LogP contribution in [0.5, 0.6) is 0 Å². The predicted octanol–water partition coefficient (Wildman–Crippen LogP) is 3.26. The Labute approximate surface area is 135 Å². The van der Waals surface area contributed by atoms with Gasteiger partial charge >= 0.3 is 135 Å². The van der Waals surface area contributed by atoms with Crippen molar-refractivity contribution in [2.75, 3.05) is 3.92 Å². The number of amides is 1. The molecule has 1 aliphatic rings. The first-order chi connectivity index (χ1) is 10.8. The standard InChI is InChI=1S/C19H13NOSe/c21-19-17-12-5-4-10-15(17)16-11-6-7-13-18(16)22-20(19)14-8-2-1-3-9-14/h1-13H. The minimum atomic E-state index is -0.0753. The fraction of sp³-hybridized carbons (Fsp3) is 0. The molecule has 22 heavy (non-hydrogen) atoms. The fourth-order valence-electron chi connectivity index (χ4n) is 2.66. The van der Waals surface area contributed by atoms with Crippen molar-refractivity contribution in [1.29, 1.82) is 0 Å². The maximum atomic E-state index is 13.0. The van der Waals surface area contributed by atoms with Crippen LogP contribution in [0, 0.1) is 0 Å². The Balaban J connectivity index is 1.95. The van der Waals surface area contributed by atoms with E-state index in [9.17, 15) is 4.79 Å². The number of hydrogen-bond acceptors (Lipinski definition) is 1. The Hall–Kier alpha value is -2.35. The minimum absolute atomic E-state index is 0.0753. The number of nitrogens with zero attached hydrogens (tertiary/aromatic N) is 1. The number of carbonyl (C=O) groups is 1. The second-order valence-electron chi connectivity index (χ2n) is 5.07. The summed E-state index contributed by atoms with van der Waals surface area (Å²) in [5.41, 5.74) is 3.94. The van der Waals surface area contributed by atoms with Crippen LogP contribution in [0.25, 0.3) is 11.1 Å². The molecule has 4 rings (SSSR count). The number of hydrogen-bond donors (Lipinski definition) is 0. The Morgan fingerprint density at radius 2 is 1.23 bits per heavy atom. The molecule has 3 heteroatoms. The van der Waals surface area contributed by atoms with E-state index in [4.69, 9.17) is 0 Å². The van der Waals surface area contributed by atoms with Gasteiger partial charge in [0.05, 0.1) is 0 Å². The van der Waals surface area contributed by atoms with Crippen LogP contribution in [0.3, 0.4) is 0 Å². The van der Waals surface area contributed by atoms with Gasteiger partial charge in [0, 0.05) is 0 Å². The van der Waals surface area contributed by atoms with Gasteiger partial charge in [-0.3, -0.25) is 0 Å². The summed E-state index contributed by atoms with van der Waals surface area (Å²) in [6.45, 7) is 0. The molecule has 0 atom stereocenters. The molecule has 0 saturated carbocycles. The van der Waals surface area contributed by atoms with Gasteiger partial charge in [-0.2, -0.15) is 0 Å². The Morgan fingerprint density at radius 1 is 0.636 bits per heavy atom. The topological polar surface area (TPSA) is 20.3 Å².